The van der Waals surface area contributed by atoms with Crippen molar-refractivity contribution in [1.82, 2.24) is 4.90 Å². The molecule has 1 unspecified atom stereocenters. The molecule has 1 N–H and O–H groups in total. The van der Waals surface area contributed by atoms with Crippen LogP contribution >= 0.6 is 15.9 Å². The Kier molecular flexibility index (Phi) is 5.41. The van der Waals surface area contributed by atoms with Crippen molar-refractivity contribution in [3.05, 3.63) is 28.7 Å². The van der Waals surface area contributed by atoms with Crippen LogP contribution in [0.4, 0.5) is 5.69 Å². The summed E-state index contributed by atoms with van der Waals surface area (Å²) in [7, 11) is 0. The Labute approximate surface area is 143 Å². The van der Waals surface area contributed by atoms with Crippen molar-refractivity contribution in [1.29, 1.82) is 0 Å². The quantitative estimate of drug-likeness (QED) is 0.791. The Hall–Kier alpha value is -1.89. The third-order valence-corrected chi connectivity index (χ3v) is 4.33. The molecular weight excluding hydrogens is 364 g/mol. The third kappa shape index (κ3) is 3.90. The molecule has 0 aromatic heterocycles. The van der Waals surface area contributed by atoms with Gasteiger partial charge in [-0.05, 0) is 38.5 Å². The van der Waals surface area contributed by atoms with Crippen LogP contribution in [0.5, 0.6) is 0 Å². The summed E-state index contributed by atoms with van der Waals surface area (Å²) in [5.41, 5.74) is 0.731. The minimum absolute atomic E-state index is 0.272. The summed E-state index contributed by atoms with van der Waals surface area (Å²) >= 11 is 3.36. The van der Waals surface area contributed by atoms with Gasteiger partial charge in [-0.25, -0.2) is 0 Å². The maximum absolute atomic E-state index is 12.6. The summed E-state index contributed by atoms with van der Waals surface area (Å²) in [6, 6.07) is 7.05. The van der Waals surface area contributed by atoms with E-state index < -0.39 is 24.3 Å². The van der Waals surface area contributed by atoms with E-state index in [0.717, 1.165) is 10.2 Å². The molecule has 124 valence electrons. The molecular formula is C16H19BrN2O4. The molecule has 1 aromatic rings. The summed E-state index contributed by atoms with van der Waals surface area (Å²) in [6.07, 6.45) is 0.396. The number of carboxylic acid groups (broad SMARTS) is 1. The lowest BCUT2D eigenvalue weighted by Gasteiger charge is -2.27. The molecule has 23 heavy (non-hydrogen) atoms. The monoisotopic (exact) mass is 382 g/mol. The van der Waals surface area contributed by atoms with Crippen LogP contribution in [0, 0.1) is 5.92 Å². The van der Waals surface area contributed by atoms with Crippen LogP contribution in [0.1, 0.15) is 20.3 Å². The predicted octanol–water partition coefficient (Wildman–Crippen LogP) is 2.12. The van der Waals surface area contributed by atoms with Gasteiger partial charge in [-0.3, -0.25) is 14.4 Å². The number of carboxylic acids is 1. The zero-order valence-electron chi connectivity index (χ0n) is 13.0. The summed E-state index contributed by atoms with van der Waals surface area (Å²) in [5, 5.41) is 8.96. The molecule has 1 heterocycles. The molecule has 1 aliphatic heterocycles. The smallest absolute Gasteiger partial charge is 0.323 e. The number of aliphatic carboxylic acids is 1. The molecule has 6 nitrogen and oxygen atoms in total. The minimum Gasteiger partial charge on any atom is -0.480 e. The minimum atomic E-state index is -1.08. The second-order valence-electron chi connectivity index (χ2n) is 5.76. The number of anilines is 1. The van der Waals surface area contributed by atoms with Gasteiger partial charge in [-0.2, -0.15) is 0 Å². The van der Waals surface area contributed by atoms with Crippen molar-refractivity contribution in [2.75, 3.05) is 18.0 Å². The van der Waals surface area contributed by atoms with Gasteiger partial charge < -0.3 is 14.9 Å². The van der Waals surface area contributed by atoms with Gasteiger partial charge in [0.15, 0.2) is 0 Å². The van der Waals surface area contributed by atoms with Gasteiger partial charge in [-0.1, -0.05) is 22.0 Å². The Balaban J connectivity index is 2.17. The van der Waals surface area contributed by atoms with Crippen molar-refractivity contribution in [3.63, 3.8) is 0 Å². The SMILES string of the molecule is CC(C)N(CC(=O)O)C(=O)C1CCN(c2cccc(Br)c2)C1=O. The summed E-state index contributed by atoms with van der Waals surface area (Å²) in [5.74, 6) is -2.58. The molecule has 2 amide bonds. The van der Waals surface area contributed by atoms with Crippen molar-refractivity contribution >= 4 is 39.4 Å². The average molecular weight is 383 g/mol. The van der Waals surface area contributed by atoms with E-state index in [9.17, 15) is 14.4 Å². The molecule has 7 heteroatoms. The van der Waals surface area contributed by atoms with E-state index in [1.54, 1.807) is 18.7 Å². The number of hydrogen-bond donors (Lipinski definition) is 1. The highest BCUT2D eigenvalue weighted by atomic mass is 79.9. The van der Waals surface area contributed by atoms with E-state index in [1.807, 2.05) is 24.3 Å². The first-order valence-electron chi connectivity index (χ1n) is 7.40. The molecule has 1 saturated heterocycles. The van der Waals surface area contributed by atoms with E-state index in [4.69, 9.17) is 5.11 Å². The lowest BCUT2D eigenvalue weighted by atomic mass is 10.1. The highest BCUT2D eigenvalue weighted by Crippen LogP contribution is 2.28. The first kappa shape index (κ1) is 17.5. The van der Waals surface area contributed by atoms with E-state index in [2.05, 4.69) is 15.9 Å². The Morgan fingerprint density at radius 2 is 2.13 bits per heavy atom. The number of amides is 2. The summed E-state index contributed by atoms with van der Waals surface area (Å²) in [4.78, 5) is 38.9. The number of hydrogen-bond acceptors (Lipinski definition) is 3. The van der Waals surface area contributed by atoms with Gasteiger partial charge in [-0.15, -0.1) is 0 Å². The normalized spacial score (nSPS) is 17.7. The van der Waals surface area contributed by atoms with Crippen LogP contribution in [0.2, 0.25) is 0 Å². The van der Waals surface area contributed by atoms with Crippen LogP contribution < -0.4 is 4.90 Å². The van der Waals surface area contributed by atoms with Crippen LogP contribution in [-0.2, 0) is 14.4 Å². The number of carbonyl (C=O) groups excluding carboxylic acids is 2. The summed E-state index contributed by atoms with van der Waals surface area (Å²) < 4.78 is 0.854. The van der Waals surface area contributed by atoms with Gasteiger partial charge in [0.25, 0.3) is 0 Å². The van der Waals surface area contributed by atoms with Crippen LogP contribution in [0.15, 0.2) is 28.7 Å². The fraction of sp³-hybridized carbons (Fsp3) is 0.438. The topological polar surface area (TPSA) is 77.9 Å². The largest absolute Gasteiger partial charge is 0.480 e. The number of benzene rings is 1. The number of halogens is 1. The van der Waals surface area contributed by atoms with E-state index in [0.29, 0.717) is 13.0 Å². The Morgan fingerprint density at radius 1 is 1.43 bits per heavy atom. The highest BCUT2D eigenvalue weighted by molar-refractivity contribution is 9.10. The first-order valence-corrected chi connectivity index (χ1v) is 8.19. The van der Waals surface area contributed by atoms with E-state index >= 15 is 0 Å². The van der Waals surface area contributed by atoms with Crippen molar-refractivity contribution in [2.45, 2.75) is 26.3 Å². The fourth-order valence-electron chi connectivity index (χ4n) is 2.67. The molecule has 0 spiro atoms. The van der Waals surface area contributed by atoms with E-state index in [1.165, 1.54) is 4.90 Å². The second kappa shape index (κ2) is 7.12. The van der Waals surface area contributed by atoms with Gasteiger partial charge in [0, 0.05) is 22.7 Å². The molecule has 1 atom stereocenters. The lowest BCUT2D eigenvalue weighted by Crippen LogP contribution is -2.46. The second-order valence-corrected chi connectivity index (χ2v) is 6.68. The molecule has 1 fully saturated rings. The molecule has 0 aliphatic carbocycles. The molecule has 1 aliphatic rings. The number of rotatable bonds is 5. The lowest BCUT2D eigenvalue weighted by molar-refractivity contribution is -0.149. The van der Waals surface area contributed by atoms with Crippen LogP contribution in [-0.4, -0.2) is 46.9 Å². The van der Waals surface area contributed by atoms with Crippen molar-refractivity contribution < 1.29 is 19.5 Å². The standard InChI is InChI=1S/C16H19BrN2O4/c1-10(2)19(9-14(20)21)16(23)13-6-7-18(15(13)22)12-5-3-4-11(17)8-12/h3-5,8,10,13H,6-7,9H2,1-2H3,(H,20,21). The third-order valence-electron chi connectivity index (χ3n) is 3.84. The molecule has 1 aromatic carbocycles. The van der Waals surface area contributed by atoms with Crippen molar-refractivity contribution in [3.8, 4) is 0 Å². The molecule has 0 saturated carbocycles. The number of carbonyl (C=O) groups is 3. The Morgan fingerprint density at radius 3 is 2.70 bits per heavy atom. The van der Waals surface area contributed by atoms with Crippen molar-refractivity contribution in [2.24, 2.45) is 5.92 Å². The van der Waals surface area contributed by atoms with Gasteiger partial charge >= 0.3 is 5.97 Å². The van der Waals surface area contributed by atoms with E-state index in [-0.39, 0.29) is 11.9 Å². The zero-order chi connectivity index (χ0) is 17.1. The molecule has 0 radical (unpaired) electrons. The fourth-order valence-corrected chi connectivity index (χ4v) is 3.06. The van der Waals surface area contributed by atoms with Gasteiger partial charge in [0.05, 0.1) is 0 Å². The maximum atomic E-state index is 12.6. The van der Waals surface area contributed by atoms with Gasteiger partial charge in [0.2, 0.25) is 11.8 Å². The number of nitrogens with zero attached hydrogens (tertiary/aromatic N) is 2. The average Bonchev–Trinajstić information content (AvgIpc) is 2.85. The predicted molar refractivity (Wildman–Crippen MR) is 89.1 cm³/mol. The molecule has 2 rings (SSSR count). The maximum Gasteiger partial charge on any atom is 0.323 e. The summed E-state index contributed by atoms with van der Waals surface area (Å²) in [6.45, 7) is 3.54. The van der Waals surface area contributed by atoms with Gasteiger partial charge in [0.1, 0.15) is 12.5 Å². The first-order chi connectivity index (χ1) is 10.8. The van der Waals surface area contributed by atoms with Crippen LogP contribution in [0.3, 0.4) is 0 Å². The molecule has 0 bridgehead atoms. The van der Waals surface area contributed by atoms with Crippen LogP contribution in [0.25, 0.3) is 0 Å². The zero-order valence-corrected chi connectivity index (χ0v) is 14.6. The highest BCUT2D eigenvalue weighted by Gasteiger charge is 2.40. The Bertz CT molecular complexity index is 632.